The molecule has 1 aromatic carbocycles. The van der Waals surface area contributed by atoms with E-state index in [0.29, 0.717) is 5.92 Å². The summed E-state index contributed by atoms with van der Waals surface area (Å²) in [7, 11) is 0. The molecule has 3 rings (SSSR count). The molecule has 1 saturated heterocycles. The molecule has 0 aliphatic carbocycles. The lowest BCUT2D eigenvalue weighted by atomic mass is 9.87. The first-order valence-electron chi connectivity index (χ1n) is 7.89. The molecule has 2 atom stereocenters. The van der Waals surface area contributed by atoms with Gasteiger partial charge in [0.25, 0.3) is 0 Å². The van der Waals surface area contributed by atoms with Gasteiger partial charge in [-0.05, 0) is 62.4 Å². The van der Waals surface area contributed by atoms with E-state index in [1.165, 1.54) is 5.56 Å². The average Bonchev–Trinajstić information content (AvgIpc) is 2.82. The summed E-state index contributed by atoms with van der Waals surface area (Å²) in [6, 6.07) is 6.30. The van der Waals surface area contributed by atoms with Crippen LogP contribution in [0, 0.1) is 5.92 Å². The van der Waals surface area contributed by atoms with E-state index in [0.717, 1.165) is 43.6 Å². The van der Waals surface area contributed by atoms with Crippen molar-refractivity contribution >= 4 is 11.6 Å². The number of nitrogens with one attached hydrogen (secondary N) is 1. The van der Waals surface area contributed by atoms with Crippen LogP contribution in [-0.2, 0) is 11.2 Å². The van der Waals surface area contributed by atoms with Crippen LogP contribution in [0.5, 0.6) is 0 Å². The molecule has 1 fully saturated rings. The second-order valence-corrected chi connectivity index (χ2v) is 6.36. The first-order valence-corrected chi connectivity index (χ1v) is 7.89. The van der Waals surface area contributed by atoms with E-state index in [1.54, 1.807) is 6.92 Å². The minimum absolute atomic E-state index is 0.0907. The molecule has 2 N–H and O–H groups in total. The van der Waals surface area contributed by atoms with Gasteiger partial charge in [-0.25, -0.2) is 0 Å². The van der Waals surface area contributed by atoms with E-state index in [-0.39, 0.29) is 18.1 Å². The highest BCUT2D eigenvalue weighted by Gasteiger charge is 2.30. The Morgan fingerprint density at radius 2 is 2.10 bits per heavy atom. The maximum atomic E-state index is 11.8. The molecule has 0 saturated carbocycles. The number of fused-ring (bicyclic) bond motifs is 1. The fourth-order valence-electron chi connectivity index (χ4n) is 3.75. The van der Waals surface area contributed by atoms with Crippen molar-refractivity contribution in [2.24, 2.45) is 5.92 Å². The number of hydrogen-bond donors (Lipinski definition) is 2. The third kappa shape index (κ3) is 2.70. The number of nitrogens with zero attached hydrogens (tertiary/aromatic N) is 1. The first kappa shape index (κ1) is 14.5. The molecular formula is C17H24N2O2. The number of carbonyl (C=O) groups is 1. The fraction of sp³-hybridized carbons (Fsp3) is 0.588. The number of aliphatic hydroxyl groups is 1. The molecule has 1 aromatic rings. The largest absolute Gasteiger partial charge is 0.388 e. The van der Waals surface area contributed by atoms with Gasteiger partial charge in [-0.3, -0.25) is 4.79 Å². The van der Waals surface area contributed by atoms with Crippen molar-refractivity contribution in [3.63, 3.8) is 0 Å². The molecule has 1 amide bonds. The zero-order chi connectivity index (χ0) is 15.0. The van der Waals surface area contributed by atoms with Gasteiger partial charge in [-0.15, -0.1) is 0 Å². The standard InChI is InChI=1S/C17H24N2O2/c1-11-9-15-10-14(3-4-16(15)19(11)12(2)20)17(21)13-5-7-18-8-6-13/h3-4,10-11,13,17-18,21H,5-9H2,1-2H3. The number of benzene rings is 1. The van der Waals surface area contributed by atoms with E-state index in [4.69, 9.17) is 0 Å². The lowest BCUT2D eigenvalue weighted by Crippen LogP contribution is -2.33. The number of carbonyl (C=O) groups excluding carboxylic acids is 1. The summed E-state index contributed by atoms with van der Waals surface area (Å²) in [6.07, 6.45) is 2.53. The Kier molecular flexibility index (Phi) is 4.00. The lowest BCUT2D eigenvalue weighted by Gasteiger charge is -2.28. The summed E-state index contributed by atoms with van der Waals surface area (Å²) >= 11 is 0. The number of rotatable bonds is 2. The molecule has 0 aromatic heterocycles. The van der Waals surface area contributed by atoms with Crippen LogP contribution in [0.3, 0.4) is 0 Å². The molecule has 4 nitrogen and oxygen atoms in total. The maximum absolute atomic E-state index is 11.8. The summed E-state index contributed by atoms with van der Waals surface area (Å²) in [4.78, 5) is 13.6. The third-order valence-electron chi connectivity index (χ3n) is 4.83. The Labute approximate surface area is 126 Å². The van der Waals surface area contributed by atoms with Gasteiger partial charge in [0.15, 0.2) is 0 Å². The van der Waals surface area contributed by atoms with Crippen LogP contribution >= 0.6 is 0 Å². The van der Waals surface area contributed by atoms with Gasteiger partial charge in [-0.1, -0.05) is 12.1 Å². The van der Waals surface area contributed by atoms with Crippen LogP contribution in [0.4, 0.5) is 5.69 Å². The molecule has 2 unspecified atom stereocenters. The van der Waals surface area contributed by atoms with Crippen LogP contribution in [0.1, 0.15) is 43.9 Å². The Morgan fingerprint density at radius 1 is 1.38 bits per heavy atom. The summed E-state index contributed by atoms with van der Waals surface area (Å²) in [5, 5.41) is 13.9. The molecule has 0 radical (unpaired) electrons. The maximum Gasteiger partial charge on any atom is 0.224 e. The van der Waals surface area contributed by atoms with Gasteiger partial charge in [0.1, 0.15) is 0 Å². The Bertz CT molecular complexity index is 538. The highest BCUT2D eigenvalue weighted by molar-refractivity contribution is 5.94. The van der Waals surface area contributed by atoms with Crippen molar-refractivity contribution in [2.75, 3.05) is 18.0 Å². The topological polar surface area (TPSA) is 52.6 Å². The average molecular weight is 288 g/mol. The van der Waals surface area contributed by atoms with E-state index in [1.807, 2.05) is 17.0 Å². The van der Waals surface area contributed by atoms with Gasteiger partial charge < -0.3 is 15.3 Å². The molecule has 0 bridgehead atoms. The summed E-state index contributed by atoms with van der Waals surface area (Å²) < 4.78 is 0. The molecular weight excluding hydrogens is 264 g/mol. The predicted octanol–water partition coefficient (Wildman–Crippen LogP) is 2.02. The quantitative estimate of drug-likeness (QED) is 0.875. The fourth-order valence-corrected chi connectivity index (χ4v) is 3.75. The van der Waals surface area contributed by atoms with Crippen LogP contribution in [0.15, 0.2) is 18.2 Å². The molecule has 114 valence electrons. The second kappa shape index (κ2) is 5.78. The number of aliphatic hydroxyl groups excluding tert-OH is 1. The summed E-state index contributed by atoms with van der Waals surface area (Å²) in [6.45, 7) is 5.66. The number of hydrogen-bond acceptors (Lipinski definition) is 3. The second-order valence-electron chi connectivity index (χ2n) is 6.36. The van der Waals surface area contributed by atoms with Crippen molar-refractivity contribution in [1.82, 2.24) is 5.32 Å². The summed E-state index contributed by atoms with van der Waals surface area (Å²) in [5.41, 5.74) is 3.19. The first-order chi connectivity index (χ1) is 10.1. The molecule has 4 heteroatoms. The SMILES string of the molecule is CC(=O)N1c2ccc(C(O)C3CCNCC3)cc2CC1C. The zero-order valence-electron chi connectivity index (χ0n) is 12.8. The number of amides is 1. The number of piperidine rings is 1. The monoisotopic (exact) mass is 288 g/mol. The minimum Gasteiger partial charge on any atom is -0.388 e. The van der Waals surface area contributed by atoms with Gasteiger partial charge in [-0.2, -0.15) is 0 Å². The molecule has 2 aliphatic rings. The molecule has 21 heavy (non-hydrogen) atoms. The highest BCUT2D eigenvalue weighted by Crippen LogP contribution is 2.36. The van der Waals surface area contributed by atoms with Gasteiger partial charge in [0, 0.05) is 18.7 Å². The zero-order valence-corrected chi connectivity index (χ0v) is 12.8. The van der Waals surface area contributed by atoms with E-state index < -0.39 is 0 Å². The van der Waals surface area contributed by atoms with Crippen molar-refractivity contribution in [2.45, 2.75) is 45.3 Å². The predicted molar refractivity (Wildman–Crippen MR) is 83.3 cm³/mol. The van der Waals surface area contributed by atoms with Crippen molar-refractivity contribution in [1.29, 1.82) is 0 Å². The lowest BCUT2D eigenvalue weighted by molar-refractivity contribution is -0.116. The van der Waals surface area contributed by atoms with Crippen LogP contribution in [0.2, 0.25) is 0 Å². The van der Waals surface area contributed by atoms with Crippen molar-refractivity contribution in [3.8, 4) is 0 Å². The Morgan fingerprint density at radius 3 is 2.76 bits per heavy atom. The Hall–Kier alpha value is -1.39. The van der Waals surface area contributed by atoms with Crippen LogP contribution in [0.25, 0.3) is 0 Å². The molecule has 2 heterocycles. The highest BCUT2D eigenvalue weighted by atomic mass is 16.3. The van der Waals surface area contributed by atoms with Crippen molar-refractivity contribution < 1.29 is 9.90 Å². The van der Waals surface area contributed by atoms with E-state index in [9.17, 15) is 9.90 Å². The molecule has 2 aliphatic heterocycles. The van der Waals surface area contributed by atoms with Crippen molar-refractivity contribution in [3.05, 3.63) is 29.3 Å². The Balaban J connectivity index is 1.84. The van der Waals surface area contributed by atoms with Gasteiger partial charge in [0.05, 0.1) is 6.10 Å². The van der Waals surface area contributed by atoms with Crippen LogP contribution < -0.4 is 10.2 Å². The van der Waals surface area contributed by atoms with Gasteiger partial charge in [0.2, 0.25) is 5.91 Å². The normalized spacial score (nSPS) is 24.0. The third-order valence-corrected chi connectivity index (χ3v) is 4.83. The summed E-state index contributed by atoms with van der Waals surface area (Å²) in [5.74, 6) is 0.431. The van der Waals surface area contributed by atoms with Gasteiger partial charge >= 0.3 is 0 Å². The van der Waals surface area contributed by atoms with E-state index >= 15 is 0 Å². The minimum atomic E-state index is -0.390. The molecule has 0 spiro atoms. The number of anilines is 1. The van der Waals surface area contributed by atoms with E-state index in [2.05, 4.69) is 18.3 Å². The smallest absolute Gasteiger partial charge is 0.224 e. The van der Waals surface area contributed by atoms with Crippen LogP contribution in [-0.4, -0.2) is 30.1 Å².